The lowest BCUT2D eigenvalue weighted by Crippen LogP contribution is -2.38. The summed E-state index contributed by atoms with van der Waals surface area (Å²) in [7, 11) is 3.50. The van der Waals surface area contributed by atoms with Crippen molar-refractivity contribution < 1.29 is 9.47 Å². The number of aliphatic imine (C=N–C) groups is 1. The molecular formula is C26H39IN4O2. The molecule has 1 heterocycles. The second-order valence-electron chi connectivity index (χ2n) is 8.35. The Kier molecular flexibility index (Phi) is 12.6. The standard InChI is InChI=1S/C26H38N4O2.HI/c1-21-10-11-23(25(18-21)31-3)19-29-26(27-2)28-14-7-17-32-24-12-15-30(16-13-24)20-22-8-5-4-6-9-22;/h4-6,8-11,18,24H,7,12-17,19-20H2,1-3H3,(H2,27,28,29);1H. The molecule has 0 saturated carbocycles. The smallest absolute Gasteiger partial charge is 0.191 e. The van der Waals surface area contributed by atoms with Crippen LogP contribution in [0.25, 0.3) is 0 Å². The Balaban J connectivity index is 0.00000385. The minimum atomic E-state index is 0. The van der Waals surface area contributed by atoms with E-state index in [4.69, 9.17) is 9.47 Å². The van der Waals surface area contributed by atoms with Crippen LogP contribution in [-0.2, 0) is 17.8 Å². The van der Waals surface area contributed by atoms with Crippen LogP contribution in [-0.4, -0.2) is 57.4 Å². The van der Waals surface area contributed by atoms with Crippen molar-refractivity contribution >= 4 is 29.9 Å². The van der Waals surface area contributed by atoms with Crippen molar-refractivity contribution in [3.8, 4) is 5.75 Å². The van der Waals surface area contributed by atoms with Crippen molar-refractivity contribution in [1.29, 1.82) is 0 Å². The third kappa shape index (κ3) is 9.51. The van der Waals surface area contributed by atoms with E-state index in [1.165, 1.54) is 11.1 Å². The molecule has 0 spiro atoms. The first-order valence-corrected chi connectivity index (χ1v) is 11.6. The van der Waals surface area contributed by atoms with Gasteiger partial charge in [-0.15, -0.1) is 24.0 Å². The Morgan fingerprint density at radius 3 is 2.55 bits per heavy atom. The van der Waals surface area contributed by atoms with Crippen LogP contribution in [0.15, 0.2) is 53.5 Å². The molecule has 1 fully saturated rings. The van der Waals surface area contributed by atoms with Crippen molar-refractivity contribution in [2.45, 2.75) is 45.4 Å². The number of aryl methyl sites for hydroxylation is 1. The molecule has 6 nitrogen and oxygen atoms in total. The fourth-order valence-corrected chi connectivity index (χ4v) is 4.00. The number of likely N-dealkylation sites (tertiary alicyclic amines) is 1. The summed E-state index contributed by atoms with van der Waals surface area (Å²) in [5.74, 6) is 1.69. The molecule has 2 aromatic carbocycles. The molecular weight excluding hydrogens is 527 g/mol. The number of ether oxygens (including phenoxy) is 2. The number of hydrogen-bond donors (Lipinski definition) is 2. The molecule has 0 bridgehead atoms. The van der Waals surface area contributed by atoms with Crippen LogP contribution >= 0.6 is 24.0 Å². The van der Waals surface area contributed by atoms with Crippen molar-refractivity contribution in [1.82, 2.24) is 15.5 Å². The largest absolute Gasteiger partial charge is 0.496 e. The molecule has 0 radical (unpaired) electrons. The van der Waals surface area contributed by atoms with E-state index in [9.17, 15) is 0 Å². The van der Waals surface area contributed by atoms with Gasteiger partial charge in [-0.05, 0) is 43.4 Å². The van der Waals surface area contributed by atoms with Gasteiger partial charge in [0.05, 0.1) is 13.2 Å². The highest BCUT2D eigenvalue weighted by molar-refractivity contribution is 14.0. The first-order chi connectivity index (χ1) is 15.7. The van der Waals surface area contributed by atoms with Crippen LogP contribution in [0.3, 0.4) is 0 Å². The average molecular weight is 567 g/mol. The van der Waals surface area contributed by atoms with Crippen molar-refractivity contribution in [2.75, 3.05) is 40.4 Å². The van der Waals surface area contributed by atoms with Gasteiger partial charge in [0, 0.05) is 51.9 Å². The van der Waals surface area contributed by atoms with Gasteiger partial charge in [-0.1, -0.05) is 42.5 Å². The molecule has 0 unspecified atom stereocenters. The number of rotatable bonds is 10. The number of guanidine groups is 1. The molecule has 1 saturated heterocycles. The van der Waals surface area contributed by atoms with Crippen LogP contribution in [0.4, 0.5) is 0 Å². The molecule has 0 aliphatic carbocycles. The lowest BCUT2D eigenvalue weighted by Gasteiger charge is -2.32. The van der Waals surface area contributed by atoms with Gasteiger partial charge in [-0.25, -0.2) is 0 Å². The SMILES string of the molecule is CN=C(NCCCOC1CCN(Cc2ccccc2)CC1)NCc1ccc(C)cc1OC.I. The van der Waals surface area contributed by atoms with Gasteiger partial charge in [0.2, 0.25) is 0 Å². The summed E-state index contributed by atoms with van der Waals surface area (Å²) in [6.45, 7) is 7.60. The zero-order valence-corrected chi connectivity index (χ0v) is 22.5. The van der Waals surface area contributed by atoms with E-state index >= 15 is 0 Å². The van der Waals surface area contributed by atoms with Gasteiger partial charge in [-0.3, -0.25) is 9.89 Å². The predicted octanol–water partition coefficient (Wildman–Crippen LogP) is 4.36. The van der Waals surface area contributed by atoms with E-state index < -0.39 is 0 Å². The molecule has 1 aliphatic rings. The molecule has 0 atom stereocenters. The predicted molar refractivity (Wildman–Crippen MR) is 147 cm³/mol. The fraction of sp³-hybridized carbons (Fsp3) is 0.500. The highest BCUT2D eigenvalue weighted by Crippen LogP contribution is 2.19. The zero-order valence-electron chi connectivity index (χ0n) is 20.2. The Morgan fingerprint density at radius 1 is 1.09 bits per heavy atom. The Morgan fingerprint density at radius 2 is 1.85 bits per heavy atom. The number of hydrogen-bond acceptors (Lipinski definition) is 4. The first-order valence-electron chi connectivity index (χ1n) is 11.6. The first kappa shape index (κ1) is 27.4. The van der Waals surface area contributed by atoms with E-state index in [0.29, 0.717) is 12.6 Å². The normalized spacial score (nSPS) is 15.1. The maximum Gasteiger partial charge on any atom is 0.191 e. The molecule has 2 N–H and O–H groups in total. The van der Waals surface area contributed by atoms with Crippen molar-refractivity contribution in [3.63, 3.8) is 0 Å². The van der Waals surface area contributed by atoms with E-state index in [-0.39, 0.29) is 24.0 Å². The molecule has 2 aromatic rings. The van der Waals surface area contributed by atoms with Gasteiger partial charge in [-0.2, -0.15) is 0 Å². The Bertz CT molecular complexity index is 839. The molecule has 182 valence electrons. The monoisotopic (exact) mass is 566 g/mol. The summed E-state index contributed by atoms with van der Waals surface area (Å²) in [5, 5.41) is 6.73. The lowest BCUT2D eigenvalue weighted by molar-refractivity contribution is 0.00534. The van der Waals surface area contributed by atoms with Gasteiger partial charge in [0.15, 0.2) is 5.96 Å². The van der Waals surface area contributed by atoms with Gasteiger partial charge in [0.1, 0.15) is 5.75 Å². The minimum absolute atomic E-state index is 0. The summed E-state index contributed by atoms with van der Waals surface area (Å²) < 4.78 is 11.6. The maximum atomic E-state index is 6.12. The number of halogens is 1. The van der Waals surface area contributed by atoms with Gasteiger partial charge < -0.3 is 20.1 Å². The average Bonchev–Trinajstić information content (AvgIpc) is 2.83. The van der Waals surface area contributed by atoms with Crippen molar-refractivity contribution in [3.05, 3.63) is 65.2 Å². The van der Waals surface area contributed by atoms with E-state index in [2.05, 4.69) is 76.0 Å². The highest BCUT2D eigenvalue weighted by Gasteiger charge is 2.19. The summed E-state index contributed by atoms with van der Waals surface area (Å²) in [4.78, 5) is 6.84. The zero-order chi connectivity index (χ0) is 22.6. The van der Waals surface area contributed by atoms with Crippen LogP contribution in [0, 0.1) is 6.92 Å². The van der Waals surface area contributed by atoms with Crippen LogP contribution in [0.5, 0.6) is 5.75 Å². The van der Waals surface area contributed by atoms with E-state index in [1.54, 1.807) is 14.2 Å². The molecule has 1 aliphatic heterocycles. The molecule has 3 rings (SSSR count). The summed E-state index contributed by atoms with van der Waals surface area (Å²) in [6.07, 6.45) is 3.57. The van der Waals surface area contributed by atoms with Crippen LogP contribution in [0.1, 0.15) is 36.0 Å². The summed E-state index contributed by atoms with van der Waals surface area (Å²) >= 11 is 0. The maximum absolute atomic E-state index is 6.12. The van der Waals surface area contributed by atoms with E-state index in [0.717, 1.165) is 69.3 Å². The van der Waals surface area contributed by atoms with Gasteiger partial charge >= 0.3 is 0 Å². The topological polar surface area (TPSA) is 58.1 Å². The third-order valence-corrected chi connectivity index (χ3v) is 5.86. The van der Waals surface area contributed by atoms with Crippen LogP contribution in [0.2, 0.25) is 0 Å². The van der Waals surface area contributed by atoms with E-state index in [1.807, 2.05) is 0 Å². The Hall–Kier alpha value is -1.84. The third-order valence-electron chi connectivity index (χ3n) is 5.86. The molecule has 0 aromatic heterocycles. The van der Waals surface area contributed by atoms with Crippen molar-refractivity contribution in [2.24, 2.45) is 4.99 Å². The molecule has 33 heavy (non-hydrogen) atoms. The number of nitrogens with zero attached hydrogens (tertiary/aromatic N) is 2. The Labute approximate surface area is 216 Å². The lowest BCUT2D eigenvalue weighted by atomic mass is 10.1. The number of benzene rings is 2. The fourth-order valence-electron chi connectivity index (χ4n) is 4.00. The number of piperidine rings is 1. The minimum Gasteiger partial charge on any atom is -0.496 e. The van der Waals surface area contributed by atoms with Crippen LogP contribution < -0.4 is 15.4 Å². The van der Waals surface area contributed by atoms with Gasteiger partial charge in [0.25, 0.3) is 0 Å². The highest BCUT2D eigenvalue weighted by atomic mass is 127. The quantitative estimate of drug-likeness (QED) is 0.194. The second kappa shape index (κ2) is 15.1. The number of nitrogens with one attached hydrogen (secondary N) is 2. The summed E-state index contributed by atoms with van der Waals surface area (Å²) in [6, 6.07) is 16.9. The molecule has 0 amide bonds. The second-order valence-corrected chi connectivity index (χ2v) is 8.35. The molecule has 7 heteroatoms. The summed E-state index contributed by atoms with van der Waals surface area (Å²) in [5.41, 5.74) is 3.69. The number of methoxy groups -OCH3 is 1.